The standard InChI is InChI=1S/C19H18N2O3/c1-14-18(15(2)24-20-14)13-21(16-7-4-3-5-8-16)19(22)11-10-17-9-6-12-23-17/h3-12H,13H2,1-2H3/b11-10+. The maximum Gasteiger partial charge on any atom is 0.251 e. The lowest BCUT2D eigenvalue weighted by molar-refractivity contribution is -0.114. The fourth-order valence-corrected chi connectivity index (χ4v) is 2.42. The normalized spacial score (nSPS) is 11.1. The number of carbonyl (C=O) groups excluding carboxylic acids is 1. The van der Waals surface area contributed by atoms with E-state index in [4.69, 9.17) is 8.94 Å². The molecule has 0 unspecified atom stereocenters. The number of hydrogen-bond donors (Lipinski definition) is 0. The summed E-state index contributed by atoms with van der Waals surface area (Å²) in [6, 6.07) is 13.1. The van der Waals surface area contributed by atoms with Crippen molar-refractivity contribution in [3.8, 4) is 0 Å². The van der Waals surface area contributed by atoms with Gasteiger partial charge in [0.2, 0.25) is 0 Å². The zero-order chi connectivity index (χ0) is 16.9. The van der Waals surface area contributed by atoms with E-state index in [1.807, 2.05) is 44.2 Å². The summed E-state index contributed by atoms with van der Waals surface area (Å²) in [4.78, 5) is 14.4. The number of carbonyl (C=O) groups is 1. The van der Waals surface area contributed by atoms with Gasteiger partial charge >= 0.3 is 0 Å². The largest absolute Gasteiger partial charge is 0.465 e. The number of benzene rings is 1. The van der Waals surface area contributed by atoms with E-state index in [1.165, 1.54) is 6.08 Å². The van der Waals surface area contributed by atoms with Gasteiger partial charge in [-0.1, -0.05) is 23.4 Å². The van der Waals surface area contributed by atoms with Gasteiger partial charge in [0.25, 0.3) is 5.91 Å². The average molecular weight is 322 g/mol. The molecular weight excluding hydrogens is 304 g/mol. The minimum absolute atomic E-state index is 0.141. The van der Waals surface area contributed by atoms with Crippen LogP contribution in [0.15, 0.2) is 63.7 Å². The van der Waals surface area contributed by atoms with Gasteiger partial charge in [-0.2, -0.15) is 0 Å². The molecule has 3 aromatic rings. The monoisotopic (exact) mass is 322 g/mol. The summed E-state index contributed by atoms with van der Waals surface area (Å²) in [5, 5.41) is 3.96. The van der Waals surface area contributed by atoms with E-state index < -0.39 is 0 Å². The molecule has 1 aromatic carbocycles. The van der Waals surface area contributed by atoms with Crippen LogP contribution in [0.2, 0.25) is 0 Å². The SMILES string of the molecule is Cc1noc(C)c1CN(C(=O)/C=C/c1ccco1)c1ccccc1. The number of aromatic nitrogens is 1. The summed E-state index contributed by atoms with van der Waals surface area (Å²) in [6.45, 7) is 4.12. The van der Waals surface area contributed by atoms with Crippen molar-refractivity contribution in [1.29, 1.82) is 0 Å². The Morgan fingerprint density at radius 1 is 1.17 bits per heavy atom. The number of amides is 1. The third kappa shape index (κ3) is 3.46. The molecule has 3 rings (SSSR count). The number of furan rings is 1. The minimum atomic E-state index is -0.141. The Balaban J connectivity index is 1.89. The first-order valence-corrected chi connectivity index (χ1v) is 7.65. The van der Waals surface area contributed by atoms with Crippen LogP contribution in [0.5, 0.6) is 0 Å². The molecule has 0 saturated heterocycles. The molecule has 0 N–H and O–H groups in total. The quantitative estimate of drug-likeness (QED) is 0.663. The van der Waals surface area contributed by atoms with Gasteiger partial charge in [-0.05, 0) is 44.2 Å². The molecule has 0 aliphatic heterocycles. The molecule has 0 bridgehead atoms. The van der Waals surface area contributed by atoms with Gasteiger partial charge in [-0.25, -0.2) is 0 Å². The molecule has 2 heterocycles. The maximum atomic E-state index is 12.7. The van der Waals surface area contributed by atoms with Gasteiger partial charge < -0.3 is 13.8 Å². The predicted molar refractivity (Wildman–Crippen MR) is 91.4 cm³/mol. The van der Waals surface area contributed by atoms with Crippen molar-refractivity contribution in [3.05, 3.63) is 77.6 Å². The second-order valence-corrected chi connectivity index (χ2v) is 5.41. The molecule has 0 spiro atoms. The Kier molecular flexibility index (Phi) is 4.61. The summed E-state index contributed by atoms with van der Waals surface area (Å²) in [6.07, 6.45) is 4.73. The highest BCUT2D eigenvalue weighted by atomic mass is 16.5. The topological polar surface area (TPSA) is 59.5 Å². The second-order valence-electron chi connectivity index (χ2n) is 5.41. The summed E-state index contributed by atoms with van der Waals surface area (Å²) in [7, 11) is 0. The molecule has 0 atom stereocenters. The molecule has 122 valence electrons. The van der Waals surface area contributed by atoms with Crippen LogP contribution in [0, 0.1) is 13.8 Å². The summed E-state index contributed by atoms with van der Waals surface area (Å²) >= 11 is 0. The van der Waals surface area contributed by atoms with Crippen molar-refractivity contribution < 1.29 is 13.7 Å². The first-order chi connectivity index (χ1) is 11.6. The molecule has 5 nitrogen and oxygen atoms in total. The van der Waals surface area contributed by atoms with Crippen molar-refractivity contribution in [2.24, 2.45) is 0 Å². The fraction of sp³-hybridized carbons (Fsp3) is 0.158. The van der Waals surface area contributed by atoms with Crippen molar-refractivity contribution in [2.45, 2.75) is 20.4 Å². The number of anilines is 1. The number of nitrogens with zero attached hydrogens (tertiary/aromatic N) is 2. The number of rotatable bonds is 5. The van der Waals surface area contributed by atoms with Crippen LogP contribution in [-0.2, 0) is 11.3 Å². The Bertz CT molecular complexity index is 813. The highest BCUT2D eigenvalue weighted by molar-refractivity contribution is 6.03. The molecule has 0 aliphatic carbocycles. The summed E-state index contributed by atoms with van der Waals surface area (Å²) < 4.78 is 10.4. The molecule has 0 radical (unpaired) electrons. The van der Waals surface area contributed by atoms with E-state index in [2.05, 4.69) is 5.16 Å². The molecular formula is C19H18N2O3. The molecule has 0 aliphatic rings. The molecule has 0 fully saturated rings. The van der Waals surface area contributed by atoms with Gasteiger partial charge in [-0.3, -0.25) is 4.79 Å². The molecule has 5 heteroatoms. The van der Waals surface area contributed by atoms with Crippen LogP contribution in [0.3, 0.4) is 0 Å². The third-order valence-corrected chi connectivity index (χ3v) is 3.76. The van der Waals surface area contributed by atoms with Crippen LogP contribution >= 0.6 is 0 Å². The van der Waals surface area contributed by atoms with Crippen LogP contribution in [0.4, 0.5) is 5.69 Å². The highest BCUT2D eigenvalue weighted by Gasteiger charge is 2.18. The van der Waals surface area contributed by atoms with Gasteiger partial charge in [0.05, 0.1) is 18.5 Å². The zero-order valence-electron chi connectivity index (χ0n) is 13.6. The van der Waals surface area contributed by atoms with Crippen molar-refractivity contribution in [1.82, 2.24) is 5.16 Å². The average Bonchev–Trinajstić information content (AvgIpc) is 3.22. The van der Waals surface area contributed by atoms with Crippen molar-refractivity contribution in [3.63, 3.8) is 0 Å². The second kappa shape index (κ2) is 7.00. The lowest BCUT2D eigenvalue weighted by Crippen LogP contribution is -2.29. The molecule has 0 saturated carbocycles. The summed E-state index contributed by atoms with van der Waals surface area (Å²) in [5.74, 6) is 1.21. The van der Waals surface area contributed by atoms with E-state index in [-0.39, 0.29) is 5.91 Å². The van der Waals surface area contributed by atoms with E-state index >= 15 is 0 Å². The van der Waals surface area contributed by atoms with Crippen LogP contribution in [0.1, 0.15) is 22.8 Å². The Morgan fingerprint density at radius 3 is 2.58 bits per heavy atom. The lowest BCUT2D eigenvalue weighted by atomic mass is 10.1. The van der Waals surface area contributed by atoms with Crippen molar-refractivity contribution in [2.75, 3.05) is 4.90 Å². The Morgan fingerprint density at radius 2 is 1.96 bits per heavy atom. The lowest BCUT2D eigenvalue weighted by Gasteiger charge is -2.21. The smallest absolute Gasteiger partial charge is 0.251 e. The number of para-hydroxylation sites is 1. The Labute approximate surface area is 140 Å². The van der Waals surface area contributed by atoms with E-state index in [0.717, 1.165) is 22.7 Å². The van der Waals surface area contributed by atoms with E-state index in [1.54, 1.807) is 29.4 Å². The van der Waals surface area contributed by atoms with Gasteiger partial charge in [0, 0.05) is 17.3 Å². The van der Waals surface area contributed by atoms with Gasteiger partial charge in [0.15, 0.2) is 0 Å². The first-order valence-electron chi connectivity index (χ1n) is 7.65. The zero-order valence-corrected chi connectivity index (χ0v) is 13.6. The number of aryl methyl sites for hydroxylation is 2. The highest BCUT2D eigenvalue weighted by Crippen LogP contribution is 2.21. The van der Waals surface area contributed by atoms with Gasteiger partial charge in [0.1, 0.15) is 11.5 Å². The van der Waals surface area contributed by atoms with E-state index in [9.17, 15) is 4.79 Å². The maximum absolute atomic E-state index is 12.7. The van der Waals surface area contributed by atoms with Gasteiger partial charge in [-0.15, -0.1) is 0 Å². The van der Waals surface area contributed by atoms with Crippen molar-refractivity contribution >= 4 is 17.7 Å². The molecule has 1 amide bonds. The third-order valence-electron chi connectivity index (χ3n) is 3.76. The fourth-order valence-electron chi connectivity index (χ4n) is 2.42. The minimum Gasteiger partial charge on any atom is -0.465 e. The Hall–Kier alpha value is -3.08. The van der Waals surface area contributed by atoms with Crippen LogP contribution in [0.25, 0.3) is 6.08 Å². The predicted octanol–water partition coefficient (Wildman–Crippen LogP) is 4.13. The summed E-state index contributed by atoms with van der Waals surface area (Å²) in [5.41, 5.74) is 2.52. The number of hydrogen-bond acceptors (Lipinski definition) is 4. The van der Waals surface area contributed by atoms with Crippen LogP contribution < -0.4 is 4.90 Å². The molecule has 24 heavy (non-hydrogen) atoms. The first kappa shape index (κ1) is 15.8. The molecule has 2 aromatic heterocycles. The van der Waals surface area contributed by atoms with E-state index in [0.29, 0.717) is 12.3 Å². The van der Waals surface area contributed by atoms with Crippen LogP contribution in [-0.4, -0.2) is 11.1 Å².